The Morgan fingerprint density at radius 1 is 1.00 bits per heavy atom. The van der Waals surface area contributed by atoms with Crippen molar-refractivity contribution in [2.24, 2.45) is 5.92 Å². The van der Waals surface area contributed by atoms with Crippen LogP contribution >= 0.6 is 13.5 Å². The van der Waals surface area contributed by atoms with Crippen LogP contribution < -0.4 is 5.56 Å². The number of hydrogen-bond donors (Lipinski definition) is 1. The van der Waals surface area contributed by atoms with E-state index < -0.39 is 47.3 Å². The predicted molar refractivity (Wildman–Crippen MR) is 186 cm³/mol. The van der Waals surface area contributed by atoms with Gasteiger partial charge in [-0.1, -0.05) is 32.0 Å². The highest BCUT2D eigenvalue weighted by molar-refractivity contribution is 7.59. The highest BCUT2D eigenvalue weighted by atomic mass is 32.1. The Morgan fingerprint density at radius 3 is 2.21 bits per heavy atom. The van der Waals surface area contributed by atoms with E-state index in [4.69, 9.17) is 4.74 Å². The minimum absolute atomic E-state index is 0. The summed E-state index contributed by atoms with van der Waals surface area (Å²) in [4.78, 5) is 41.7. The molecule has 2 heterocycles. The van der Waals surface area contributed by atoms with Gasteiger partial charge in [-0.25, -0.2) is 8.78 Å². The smallest absolute Gasteiger partial charge is 0.303 e. The van der Waals surface area contributed by atoms with Gasteiger partial charge >= 0.3 is 5.97 Å². The second kappa shape index (κ2) is 16.2. The van der Waals surface area contributed by atoms with E-state index >= 15 is 8.78 Å². The Morgan fingerprint density at radius 2 is 1.64 bits per heavy atom. The zero-order valence-corrected chi connectivity index (χ0v) is 29.5. The number of methoxy groups -OCH3 is 1. The Balaban J connectivity index is 0.00000600. The molecule has 1 aliphatic rings. The molecule has 1 N–H and O–H groups in total. The molecule has 2 atom stereocenters. The highest BCUT2D eigenvalue weighted by Gasteiger charge is 2.31. The van der Waals surface area contributed by atoms with Crippen molar-refractivity contribution < 1.29 is 28.2 Å². The molecule has 0 aliphatic carbocycles. The molecule has 0 amide bonds. The van der Waals surface area contributed by atoms with Gasteiger partial charge < -0.3 is 14.4 Å². The first-order valence-corrected chi connectivity index (χ1v) is 16.0. The Hall–Kier alpha value is -3.34. The van der Waals surface area contributed by atoms with E-state index in [1.807, 2.05) is 45.9 Å². The fraction of sp³-hybridized carbons (Fsp3) is 0.486. The number of rotatable bonds is 14. The van der Waals surface area contributed by atoms with E-state index in [0.717, 1.165) is 35.3 Å². The molecule has 1 saturated heterocycles. The van der Waals surface area contributed by atoms with Gasteiger partial charge in [0.2, 0.25) is 0 Å². The van der Waals surface area contributed by atoms with E-state index in [1.54, 1.807) is 39.3 Å². The van der Waals surface area contributed by atoms with Crippen molar-refractivity contribution >= 4 is 25.2 Å². The second-order valence-electron chi connectivity index (χ2n) is 13.2. The van der Waals surface area contributed by atoms with E-state index in [9.17, 15) is 19.5 Å². The molecule has 0 spiro atoms. The quantitative estimate of drug-likeness (QED) is 0.203. The summed E-state index contributed by atoms with van der Waals surface area (Å²) in [5.74, 6) is -4.09. The third kappa shape index (κ3) is 8.77. The lowest BCUT2D eigenvalue weighted by Crippen LogP contribution is -2.52. The number of Topliss-reactive ketones (excluding diaryl/α,β-unsaturated/α-hetero) is 1. The van der Waals surface area contributed by atoms with Crippen molar-refractivity contribution in [1.82, 2.24) is 9.47 Å². The van der Waals surface area contributed by atoms with E-state index in [-0.39, 0.29) is 49.5 Å². The summed E-state index contributed by atoms with van der Waals surface area (Å²) in [5.41, 5.74) is 4.13. The summed E-state index contributed by atoms with van der Waals surface area (Å²) < 4.78 is 37.7. The van der Waals surface area contributed by atoms with E-state index in [1.165, 1.54) is 4.57 Å². The molecule has 0 bridgehead atoms. The number of carbonyl (C=O) groups excluding carboxylic acids is 1. The van der Waals surface area contributed by atoms with Crippen molar-refractivity contribution in [2.75, 3.05) is 26.7 Å². The standard InChI is InChI=1S/C37H46F2N2O5.H2S/c1-21(2)13-31(41-18-26(25(6)36(39)37(41)45)11-12-40-19-29(20-40)46-7)32(42)16-27(17-33(43)44)30-15-28(14-24(5)35(30)38)34-22(3)9-8-10-23(34)4;/h8-10,14-15,18,21,27,29,31H,11-13,16-17,19-20H2,1-7H3,(H,43,44);1H2/t27-,31?;/m0./s1. The first-order chi connectivity index (χ1) is 21.7. The summed E-state index contributed by atoms with van der Waals surface area (Å²) in [6.45, 7) is 13.1. The number of likely N-dealkylation sites (tertiary alicyclic amines) is 1. The van der Waals surface area contributed by atoms with E-state index in [2.05, 4.69) is 4.90 Å². The molecule has 256 valence electrons. The summed E-state index contributed by atoms with van der Waals surface area (Å²) in [5, 5.41) is 9.85. The number of halogens is 2. The van der Waals surface area contributed by atoms with Gasteiger partial charge in [0.25, 0.3) is 5.56 Å². The lowest BCUT2D eigenvalue weighted by Gasteiger charge is -2.38. The molecule has 10 heteroatoms. The third-order valence-corrected chi connectivity index (χ3v) is 9.25. The zero-order chi connectivity index (χ0) is 33.9. The first-order valence-electron chi connectivity index (χ1n) is 16.0. The number of aliphatic carboxylic acids is 1. The number of pyridine rings is 1. The van der Waals surface area contributed by atoms with Crippen LogP contribution in [-0.2, 0) is 20.7 Å². The van der Waals surface area contributed by atoms with Gasteiger partial charge in [-0.15, -0.1) is 0 Å². The lowest BCUT2D eigenvalue weighted by molar-refractivity contribution is -0.137. The van der Waals surface area contributed by atoms with Crippen molar-refractivity contribution in [3.05, 3.63) is 91.9 Å². The second-order valence-corrected chi connectivity index (χ2v) is 13.2. The maximum absolute atomic E-state index is 15.8. The summed E-state index contributed by atoms with van der Waals surface area (Å²) in [6.07, 6.45) is 1.68. The first kappa shape index (κ1) is 38.1. The minimum atomic E-state index is -1.17. The number of nitrogens with zero attached hydrogens (tertiary/aromatic N) is 2. The minimum Gasteiger partial charge on any atom is -0.481 e. The Bertz CT molecular complexity index is 1650. The number of aromatic nitrogens is 1. The molecule has 1 fully saturated rings. The van der Waals surface area contributed by atoms with Gasteiger partial charge in [0.05, 0.1) is 18.6 Å². The summed E-state index contributed by atoms with van der Waals surface area (Å²) >= 11 is 0. The monoisotopic (exact) mass is 670 g/mol. The summed E-state index contributed by atoms with van der Waals surface area (Å²) in [7, 11) is 1.67. The number of ether oxygens (including phenoxy) is 1. The van der Waals surface area contributed by atoms with Crippen LogP contribution in [0.4, 0.5) is 8.78 Å². The van der Waals surface area contributed by atoms with Crippen LogP contribution in [0.25, 0.3) is 11.1 Å². The maximum Gasteiger partial charge on any atom is 0.303 e. The Labute approximate surface area is 283 Å². The van der Waals surface area contributed by atoms with Gasteiger partial charge in [0.15, 0.2) is 11.6 Å². The number of carboxylic acids is 1. The molecule has 1 unspecified atom stereocenters. The third-order valence-electron chi connectivity index (χ3n) is 9.25. The number of aryl methyl sites for hydroxylation is 3. The molecule has 7 nitrogen and oxygen atoms in total. The largest absolute Gasteiger partial charge is 0.481 e. The van der Waals surface area contributed by atoms with Crippen molar-refractivity contribution in [3.8, 4) is 11.1 Å². The molecule has 3 aromatic rings. The molecule has 0 saturated carbocycles. The molecule has 0 radical (unpaired) electrons. The summed E-state index contributed by atoms with van der Waals surface area (Å²) in [6, 6.07) is 8.21. The van der Waals surface area contributed by atoms with Crippen LogP contribution in [0.3, 0.4) is 0 Å². The molecular formula is C37H48F2N2O5S. The predicted octanol–water partition coefficient (Wildman–Crippen LogP) is 6.82. The van der Waals surface area contributed by atoms with Crippen LogP contribution in [0.5, 0.6) is 0 Å². The maximum atomic E-state index is 15.8. The molecular weight excluding hydrogens is 622 g/mol. The topological polar surface area (TPSA) is 88.8 Å². The number of carboxylic acid groups (broad SMARTS) is 1. The lowest BCUT2D eigenvalue weighted by atomic mass is 9.84. The van der Waals surface area contributed by atoms with Crippen LogP contribution in [0.15, 0.2) is 41.3 Å². The molecule has 1 aromatic heterocycles. The van der Waals surface area contributed by atoms with Gasteiger partial charge in [-0.2, -0.15) is 13.5 Å². The number of benzene rings is 2. The van der Waals surface area contributed by atoms with Gasteiger partial charge in [-0.3, -0.25) is 19.3 Å². The van der Waals surface area contributed by atoms with Crippen LogP contribution in [0.2, 0.25) is 0 Å². The fourth-order valence-corrected chi connectivity index (χ4v) is 6.59. The van der Waals surface area contributed by atoms with Crippen molar-refractivity contribution in [1.29, 1.82) is 0 Å². The SMILES string of the molecule is COC1CN(CCc2cn(C(CC(C)C)C(=O)C[C@@H](CC(=O)O)c3cc(-c4c(C)cccc4C)cc(C)c3F)c(=O)c(F)c2C)C1.S. The van der Waals surface area contributed by atoms with Gasteiger partial charge in [-0.05, 0) is 103 Å². The van der Waals surface area contributed by atoms with Gasteiger partial charge in [0.1, 0.15) is 5.82 Å². The molecule has 1 aliphatic heterocycles. The molecule has 2 aromatic carbocycles. The fourth-order valence-electron chi connectivity index (χ4n) is 6.59. The average molecular weight is 671 g/mol. The zero-order valence-electron chi connectivity index (χ0n) is 28.5. The average Bonchev–Trinajstić information content (AvgIpc) is 2.96. The van der Waals surface area contributed by atoms with Crippen molar-refractivity contribution in [3.63, 3.8) is 0 Å². The van der Waals surface area contributed by atoms with Crippen molar-refractivity contribution in [2.45, 2.75) is 85.3 Å². The number of hydrogen-bond acceptors (Lipinski definition) is 5. The van der Waals surface area contributed by atoms with Crippen LogP contribution in [0.1, 0.15) is 78.5 Å². The van der Waals surface area contributed by atoms with Crippen LogP contribution in [0, 0.1) is 45.2 Å². The highest BCUT2D eigenvalue weighted by Crippen LogP contribution is 2.36. The van der Waals surface area contributed by atoms with Crippen LogP contribution in [-0.4, -0.2) is 59.2 Å². The number of carbonyl (C=O) groups is 2. The molecule has 47 heavy (non-hydrogen) atoms. The number of ketones is 1. The molecule has 4 rings (SSSR count). The van der Waals surface area contributed by atoms with E-state index in [0.29, 0.717) is 24.1 Å². The Kier molecular flexibility index (Phi) is 13.1. The van der Waals surface area contributed by atoms with Gasteiger partial charge in [0, 0.05) is 45.3 Å². The normalized spacial score (nSPS) is 14.9.